The van der Waals surface area contributed by atoms with E-state index in [0.717, 1.165) is 49.1 Å². The maximum absolute atomic E-state index is 12.9. The van der Waals surface area contributed by atoms with Crippen molar-refractivity contribution in [3.8, 4) is 0 Å². The quantitative estimate of drug-likeness (QED) is 0.787. The van der Waals surface area contributed by atoms with Gasteiger partial charge in [0.05, 0.1) is 4.90 Å². The molecule has 4 aliphatic rings. The standard InChI is InChI=1S/C18H23FN2O3S/c19-15-1-3-16(4-2-15)25(23,24)21-20-17(22)11-18-8-12-5-13(9-18)7-14(6-12)10-18/h1-4,12-14,21H,5-11H2,(H,20,22). The summed E-state index contributed by atoms with van der Waals surface area (Å²) in [5.41, 5.74) is 2.40. The molecule has 2 N–H and O–H groups in total. The topological polar surface area (TPSA) is 75.3 Å². The summed E-state index contributed by atoms with van der Waals surface area (Å²) in [6.45, 7) is 0. The molecule has 5 rings (SSSR count). The van der Waals surface area contributed by atoms with Gasteiger partial charge < -0.3 is 0 Å². The number of nitrogens with one attached hydrogen (secondary N) is 2. The van der Waals surface area contributed by atoms with E-state index in [9.17, 15) is 17.6 Å². The van der Waals surface area contributed by atoms with Crippen LogP contribution in [-0.4, -0.2) is 14.3 Å². The lowest BCUT2D eigenvalue weighted by atomic mass is 9.49. The number of halogens is 1. The summed E-state index contributed by atoms with van der Waals surface area (Å²) in [6.07, 6.45) is 7.57. The Hall–Kier alpha value is -1.47. The van der Waals surface area contributed by atoms with Gasteiger partial charge >= 0.3 is 0 Å². The molecule has 0 saturated heterocycles. The van der Waals surface area contributed by atoms with Gasteiger partial charge in [0.15, 0.2) is 0 Å². The molecule has 25 heavy (non-hydrogen) atoms. The number of carbonyl (C=O) groups excluding carboxylic acids is 1. The normalized spacial score (nSPS) is 33.4. The van der Waals surface area contributed by atoms with Crippen LogP contribution in [0.25, 0.3) is 0 Å². The lowest BCUT2D eigenvalue weighted by molar-refractivity contribution is -0.129. The van der Waals surface area contributed by atoms with Gasteiger partial charge in [-0.2, -0.15) is 0 Å². The van der Waals surface area contributed by atoms with Crippen LogP contribution in [0.2, 0.25) is 0 Å². The predicted molar refractivity (Wildman–Crippen MR) is 90.1 cm³/mol. The van der Waals surface area contributed by atoms with Crippen molar-refractivity contribution in [2.75, 3.05) is 0 Å². The minimum Gasteiger partial charge on any atom is -0.278 e. The molecule has 5 nitrogen and oxygen atoms in total. The van der Waals surface area contributed by atoms with E-state index < -0.39 is 15.8 Å². The number of hydrogen-bond acceptors (Lipinski definition) is 3. The number of rotatable bonds is 5. The molecule has 0 radical (unpaired) electrons. The van der Waals surface area contributed by atoms with Crippen molar-refractivity contribution >= 4 is 15.9 Å². The molecule has 1 aromatic carbocycles. The summed E-state index contributed by atoms with van der Waals surface area (Å²) in [6, 6.07) is 4.49. The van der Waals surface area contributed by atoms with Gasteiger partial charge in [-0.3, -0.25) is 10.2 Å². The summed E-state index contributed by atoms with van der Waals surface area (Å²) in [5.74, 6) is 1.44. The predicted octanol–water partition coefficient (Wildman–Crippen LogP) is 2.74. The van der Waals surface area contributed by atoms with Gasteiger partial charge in [0.2, 0.25) is 5.91 Å². The Bertz CT molecular complexity index is 741. The smallest absolute Gasteiger partial charge is 0.257 e. The molecule has 0 spiro atoms. The van der Waals surface area contributed by atoms with Gasteiger partial charge in [0.1, 0.15) is 5.82 Å². The molecule has 1 amide bonds. The average Bonchev–Trinajstić information content (AvgIpc) is 2.52. The summed E-state index contributed by atoms with van der Waals surface area (Å²) in [5, 5.41) is 0. The van der Waals surface area contributed by atoms with Crippen LogP contribution in [0.15, 0.2) is 29.2 Å². The maximum Gasteiger partial charge on any atom is 0.257 e. The molecule has 4 bridgehead atoms. The number of sulfonamides is 1. The molecule has 0 aliphatic heterocycles. The minimum atomic E-state index is -3.89. The van der Waals surface area contributed by atoms with Crippen molar-refractivity contribution in [3.63, 3.8) is 0 Å². The highest BCUT2D eigenvalue weighted by molar-refractivity contribution is 7.89. The first kappa shape index (κ1) is 17.0. The zero-order valence-electron chi connectivity index (χ0n) is 14.0. The van der Waals surface area contributed by atoms with E-state index in [-0.39, 0.29) is 16.2 Å². The van der Waals surface area contributed by atoms with Gasteiger partial charge in [0, 0.05) is 6.42 Å². The van der Waals surface area contributed by atoms with E-state index in [2.05, 4.69) is 10.3 Å². The van der Waals surface area contributed by atoms with Crippen molar-refractivity contribution in [1.29, 1.82) is 0 Å². The van der Waals surface area contributed by atoms with E-state index in [1.807, 2.05) is 0 Å². The molecular weight excluding hydrogens is 343 g/mol. The van der Waals surface area contributed by atoms with E-state index in [4.69, 9.17) is 0 Å². The molecule has 0 unspecified atom stereocenters. The molecule has 0 heterocycles. The average molecular weight is 366 g/mol. The molecule has 0 aromatic heterocycles. The Labute approximate surface area is 147 Å². The third kappa shape index (κ3) is 3.44. The largest absolute Gasteiger partial charge is 0.278 e. The summed E-state index contributed by atoms with van der Waals surface area (Å²) >= 11 is 0. The van der Waals surface area contributed by atoms with Crippen molar-refractivity contribution in [3.05, 3.63) is 30.1 Å². The van der Waals surface area contributed by atoms with Crippen LogP contribution in [0.4, 0.5) is 4.39 Å². The number of benzene rings is 1. The second-order valence-corrected chi connectivity index (χ2v) is 9.88. The Balaban J connectivity index is 1.37. The fraction of sp³-hybridized carbons (Fsp3) is 0.611. The van der Waals surface area contributed by atoms with Crippen LogP contribution in [0.3, 0.4) is 0 Å². The van der Waals surface area contributed by atoms with E-state index >= 15 is 0 Å². The molecule has 7 heteroatoms. The molecule has 4 saturated carbocycles. The van der Waals surface area contributed by atoms with Gasteiger partial charge in [-0.15, -0.1) is 4.83 Å². The monoisotopic (exact) mass is 366 g/mol. The first-order valence-electron chi connectivity index (χ1n) is 8.90. The van der Waals surface area contributed by atoms with Crippen LogP contribution < -0.4 is 10.3 Å². The highest BCUT2D eigenvalue weighted by Gasteiger charge is 2.51. The zero-order chi connectivity index (χ0) is 17.7. The molecule has 0 atom stereocenters. The molecule has 4 fully saturated rings. The van der Waals surface area contributed by atoms with Gasteiger partial charge in [-0.1, -0.05) is 0 Å². The number of hydrazine groups is 1. The second-order valence-electron chi connectivity index (χ2n) is 8.20. The fourth-order valence-corrected chi connectivity index (χ4v) is 6.55. The lowest BCUT2D eigenvalue weighted by Gasteiger charge is -2.56. The van der Waals surface area contributed by atoms with Crippen molar-refractivity contribution in [2.24, 2.45) is 23.2 Å². The Morgan fingerprint density at radius 1 is 1.04 bits per heavy atom. The summed E-state index contributed by atoms with van der Waals surface area (Å²) < 4.78 is 37.2. The van der Waals surface area contributed by atoms with Crippen LogP contribution >= 0.6 is 0 Å². The van der Waals surface area contributed by atoms with Gasteiger partial charge in [-0.05, 0) is 86.0 Å². The molecule has 136 valence electrons. The number of hydrogen-bond donors (Lipinski definition) is 2. The first-order chi connectivity index (χ1) is 11.8. The number of amides is 1. The second kappa shape index (κ2) is 6.06. The minimum absolute atomic E-state index is 0.0557. The maximum atomic E-state index is 12.9. The Morgan fingerprint density at radius 3 is 2.08 bits per heavy atom. The van der Waals surface area contributed by atoms with E-state index in [1.165, 1.54) is 31.4 Å². The van der Waals surface area contributed by atoms with E-state index in [1.54, 1.807) is 0 Å². The van der Waals surface area contributed by atoms with Crippen molar-refractivity contribution < 1.29 is 17.6 Å². The SMILES string of the molecule is O=C(CC12CC3CC(CC(C3)C1)C2)NNS(=O)(=O)c1ccc(F)cc1. The van der Waals surface area contributed by atoms with Crippen molar-refractivity contribution in [1.82, 2.24) is 10.3 Å². The van der Waals surface area contributed by atoms with Crippen LogP contribution in [0.1, 0.15) is 44.9 Å². The highest BCUT2D eigenvalue weighted by Crippen LogP contribution is 2.61. The molecule has 1 aromatic rings. The first-order valence-corrected chi connectivity index (χ1v) is 10.4. The van der Waals surface area contributed by atoms with E-state index in [0.29, 0.717) is 6.42 Å². The molecular formula is C18H23FN2O3S. The van der Waals surface area contributed by atoms with Crippen LogP contribution in [-0.2, 0) is 14.8 Å². The van der Waals surface area contributed by atoms with Crippen LogP contribution in [0.5, 0.6) is 0 Å². The molecule has 4 aliphatic carbocycles. The summed E-state index contributed by atoms with van der Waals surface area (Å²) in [4.78, 5) is 14.4. The van der Waals surface area contributed by atoms with Crippen molar-refractivity contribution in [2.45, 2.75) is 49.8 Å². The van der Waals surface area contributed by atoms with Gasteiger partial charge in [-0.25, -0.2) is 12.8 Å². The third-order valence-electron chi connectivity index (χ3n) is 6.15. The third-order valence-corrected chi connectivity index (χ3v) is 7.41. The fourth-order valence-electron chi connectivity index (χ4n) is 5.69. The highest BCUT2D eigenvalue weighted by atomic mass is 32.2. The zero-order valence-corrected chi connectivity index (χ0v) is 14.8. The lowest BCUT2D eigenvalue weighted by Crippen LogP contribution is -2.50. The summed E-state index contributed by atoms with van der Waals surface area (Å²) in [7, 11) is -3.89. The Kier molecular flexibility index (Phi) is 4.11. The Morgan fingerprint density at radius 2 is 1.56 bits per heavy atom. The van der Waals surface area contributed by atoms with Gasteiger partial charge in [0.25, 0.3) is 10.0 Å². The number of carbonyl (C=O) groups is 1. The van der Waals surface area contributed by atoms with Crippen LogP contribution in [0, 0.1) is 29.0 Å².